The molecule has 6 nitrogen and oxygen atoms in total. The Morgan fingerprint density at radius 2 is 1.65 bits per heavy atom. The van der Waals surface area contributed by atoms with Crippen molar-refractivity contribution in [3.63, 3.8) is 0 Å². The summed E-state index contributed by atoms with van der Waals surface area (Å²) in [4.78, 5) is 14.1. The van der Waals surface area contributed by atoms with Crippen LogP contribution in [0.5, 0.6) is 0 Å². The van der Waals surface area contributed by atoms with Gasteiger partial charge in [0.1, 0.15) is 0 Å². The van der Waals surface area contributed by atoms with Crippen molar-refractivity contribution in [3.8, 4) is 0 Å². The SMILES string of the molecule is CC(C)[C@H](N)C(=O)N1CCN(S(=O)(=O)c2ccc(Cl)cc2)CC1. The highest BCUT2D eigenvalue weighted by Gasteiger charge is 2.32. The molecule has 1 aromatic rings. The number of nitrogens with two attached hydrogens (primary N) is 1. The van der Waals surface area contributed by atoms with Crippen molar-refractivity contribution >= 4 is 27.5 Å². The third-order valence-electron chi connectivity index (χ3n) is 4.01. The van der Waals surface area contributed by atoms with Gasteiger partial charge < -0.3 is 10.6 Å². The van der Waals surface area contributed by atoms with Gasteiger partial charge >= 0.3 is 0 Å². The number of carbonyl (C=O) groups excluding carboxylic acids is 1. The van der Waals surface area contributed by atoms with E-state index >= 15 is 0 Å². The zero-order chi connectivity index (χ0) is 17.2. The summed E-state index contributed by atoms with van der Waals surface area (Å²) >= 11 is 5.79. The lowest BCUT2D eigenvalue weighted by Gasteiger charge is -2.35. The van der Waals surface area contributed by atoms with Gasteiger partial charge in [-0.2, -0.15) is 4.31 Å². The number of rotatable bonds is 4. The molecule has 1 aromatic carbocycles. The minimum atomic E-state index is -3.56. The van der Waals surface area contributed by atoms with Crippen LogP contribution in [0.25, 0.3) is 0 Å². The number of benzene rings is 1. The molecular formula is C15H22ClN3O3S. The molecule has 1 aliphatic rings. The minimum Gasteiger partial charge on any atom is -0.339 e. The first-order valence-electron chi connectivity index (χ1n) is 7.53. The summed E-state index contributed by atoms with van der Waals surface area (Å²) in [5.41, 5.74) is 5.88. The number of halogens is 1. The molecule has 1 aliphatic heterocycles. The average Bonchev–Trinajstić information content (AvgIpc) is 2.54. The van der Waals surface area contributed by atoms with Crippen molar-refractivity contribution in [2.45, 2.75) is 24.8 Å². The fraction of sp³-hybridized carbons (Fsp3) is 0.533. The quantitative estimate of drug-likeness (QED) is 0.874. The van der Waals surface area contributed by atoms with E-state index in [4.69, 9.17) is 17.3 Å². The molecule has 128 valence electrons. The van der Waals surface area contributed by atoms with Crippen molar-refractivity contribution in [3.05, 3.63) is 29.3 Å². The van der Waals surface area contributed by atoms with Crippen molar-refractivity contribution in [1.82, 2.24) is 9.21 Å². The van der Waals surface area contributed by atoms with Crippen molar-refractivity contribution < 1.29 is 13.2 Å². The Bertz CT molecular complexity index is 653. The lowest BCUT2D eigenvalue weighted by atomic mass is 10.0. The number of nitrogens with zero attached hydrogens (tertiary/aromatic N) is 2. The molecule has 0 spiro atoms. The Balaban J connectivity index is 2.04. The zero-order valence-corrected chi connectivity index (χ0v) is 14.8. The molecule has 1 atom stereocenters. The van der Waals surface area contributed by atoms with Crippen LogP contribution in [-0.4, -0.2) is 55.8 Å². The Labute approximate surface area is 142 Å². The Morgan fingerprint density at radius 1 is 1.13 bits per heavy atom. The summed E-state index contributed by atoms with van der Waals surface area (Å²) in [6, 6.07) is 5.54. The van der Waals surface area contributed by atoms with Gasteiger partial charge in [0.05, 0.1) is 10.9 Å². The number of piperazine rings is 1. The summed E-state index contributed by atoms with van der Waals surface area (Å²) in [7, 11) is -3.56. The van der Waals surface area contributed by atoms with Crippen molar-refractivity contribution in [2.24, 2.45) is 11.7 Å². The number of sulfonamides is 1. The van der Waals surface area contributed by atoms with Gasteiger partial charge in [0.2, 0.25) is 15.9 Å². The number of hydrogen-bond acceptors (Lipinski definition) is 4. The average molecular weight is 360 g/mol. The Kier molecular flexibility index (Phi) is 5.67. The van der Waals surface area contributed by atoms with Crippen molar-refractivity contribution in [1.29, 1.82) is 0 Å². The highest BCUT2D eigenvalue weighted by Crippen LogP contribution is 2.20. The molecule has 2 rings (SSSR count). The van der Waals surface area contributed by atoms with Gasteiger partial charge in [0, 0.05) is 31.2 Å². The fourth-order valence-electron chi connectivity index (χ4n) is 2.40. The van der Waals surface area contributed by atoms with Crippen LogP contribution in [0.15, 0.2) is 29.2 Å². The molecular weight excluding hydrogens is 338 g/mol. The van der Waals surface area contributed by atoms with Crippen molar-refractivity contribution in [2.75, 3.05) is 26.2 Å². The molecule has 0 saturated carbocycles. The van der Waals surface area contributed by atoms with E-state index in [2.05, 4.69) is 0 Å². The van der Waals surface area contributed by atoms with E-state index in [0.717, 1.165) is 0 Å². The monoisotopic (exact) mass is 359 g/mol. The summed E-state index contributed by atoms with van der Waals surface area (Å²) < 4.78 is 26.5. The number of amides is 1. The second kappa shape index (κ2) is 7.17. The molecule has 0 unspecified atom stereocenters. The highest BCUT2D eigenvalue weighted by atomic mass is 35.5. The molecule has 0 aromatic heterocycles. The molecule has 1 saturated heterocycles. The minimum absolute atomic E-state index is 0.0540. The molecule has 0 aliphatic carbocycles. The van der Waals surface area contributed by atoms with Crippen LogP contribution < -0.4 is 5.73 Å². The van der Waals surface area contributed by atoms with Gasteiger partial charge in [-0.05, 0) is 30.2 Å². The first-order chi connectivity index (χ1) is 10.7. The highest BCUT2D eigenvalue weighted by molar-refractivity contribution is 7.89. The number of hydrogen-bond donors (Lipinski definition) is 1. The number of carbonyl (C=O) groups is 1. The Hall–Kier alpha value is -1.15. The molecule has 1 heterocycles. The summed E-state index contributed by atoms with van der Waals surface area (Å²) in [5, 5.41) is 0.488. The van der Waals surface area contributed by atoms with Crippen LogP contribution in [-0.2, 0) is 14.8 Å². The van der Waals surface area contributed by atoms with Crippen LogP contribution in [0.1, 0.15) is 13.8 Å². The van der Waals surface area contributed by atoms with Gasteiger partial charge in [-0.3, -0.25) is 4.79 Å². The first-order valence-corrected chi connectivity index (χ1v) is 9.35. The molecule has 23 heavy (non-hydrogen) atoms. The van der Waals surface area contributed by atoms with Gasteiger partial charge in [-0.1, -0.05) is 25.4 Å². The summed E-state index contributed by atoms with van der Waals surface area (Å²) in [6.45, 7) is 5.02. The maximum atomic E-state index is 12.6. The van der Waals surface area contributed by atoms with Crippen LogP contribution in [0, 0.1) is 5.92 Å². The second-order valence-electron chi connectivity index (χ2n) is 5.95. The largest absolute Gasteiger partial charge is 0.339 e. The van der Waals surface area contributed by atoms with Crippen LogP contribution >= 0.6 is 11.6 Å². The smallest absolute Gasteiger partial charge is 0.243 e. The van der Waals surface area contributed by atoms with Gasteiger partial charge in [0.15, 0.2) is 0 Å². The molecule has 1 amide bonds. The predicted octanol–water partition coefficient (Wildman–Crippen LogP) is 1.16. The predicted molar refractivity (Wildman–Crippen MR) is 89.6 cm³/mol. The molecule has 2 N–H and O–H groups in total. The van der Waals surface area contributed by atoms with Gasteiger partial charge in [-0.25, -0.2) is 8.42 Å². The molecule has 0 bridgehead atoms. The fourth-order valence-corrected chi connectivity index (χ4v) is 3.95. The van der Waals surface area contributed by atoms with E-state index in [1.807, 2.05) is 13.8 Å². The molecule has 0 radical (unpaired) electrons. The van der Waals surface area contributed by atoms with Crippen LogP contribution in [0.4, 0.5) is 0 Å². The molecule has 8 heteroatoms. The van der Waals surface area contributed by atoms with E-state index in [1.54, 1.807) is 17.0 Å². The summed E-state index contributed by atoms with van der Waals surface area (Å²) in [6.07, 6.45) is 0. The van der Waals surface area contributed by atoms with Gasteiger partial charge in [-0.15, -0.1) is 0 Å². The lowest BCUT2D eigenvalue weighted by molar-refractivity contribution is -0.134. The van der Waals surface area contributed by atoms with Gasteiger partial charge in [0.25, 0.3) is 0 Å². The van der Waals surface area contributed by atoms with E-state index in [1.165, 1.54) is 16.4 Å². The maximum absolute atomic E-state index is 12.6. The third kappa shape index (κ3) is 4.03. The van der Waals surface area contributed by atoms with Crippen LogP contribution in [0.3, 0.4) is 0 Å². The lowest BCUT2D eigenvalue weighted by Crippen LogP contribution is -2.55. The first kappa shape index (κ1) is 18.2. The summed E-state index contributed by atoms with van der Waals surface area (Å²) in [5.74, 6) is -0.0677. The van der Waals surface area contributed by atoms with E-state index in [-0.39, 0.29) is 29.8 Å². The third-order valence-corrected chi connectivity index (χ3v) is 6.17. The van der Waals surface area contributed by atoms with E-state index < -0.39 is 16.1 Å². The molecule has 1 fully saturated rings. The normalized spacial score (nSPS) is 18.2. The zero-order valence-electron chi connectivity index (χ0n) is 13.3. The van der Waals surface area contributed by atoms with E-state index in [0.29, 0.717) is 18.1 Å². The topological polar surface area (TPSA) is 83.7 Å². The second-order valence-corrected chi connectivity index (χ2v) is 8.33. The van der Waals surface area contributed by atoms with Crippen LogP contribution in [0.2, 0.25) is 5.02 Å². The van der Waals surface area contributed by atoms with E-state index in [9.17, 15) is 13.2 Å². The standard InChI is InChI=1S/C15H22ClN3O3S/c1-11(2)14(17)15(20)18-7-9-19(10-8-18)23(21,22)13-5-3-12(16)4-6-13/h3-6,11,14H,7-10,17H2,1-2H3/t14-/m0/s1. The maximum Gasteiger partial charge on any atom is 0.243 e. The Morgan fingerprint density at radius 3 is 2.13 bits per heavy atom.